The van der Waals surface area contributed by atoms with Gasteiger partial charge in [-0.1, -0.05) is 24.3 Å². The van der Waals surface area contributed by atoms with Crippen molar-refractivity contribution in [2.45, 2.75) is 26.8 Å². The Morgan fingerprint density at radius 2 is 1.71 bits per heavy atom. The number of likely N-dealkylation sites (N-methyl/N-ethyl adjacent to an activating group) is 1. The van der Waals surface area contributed by atoms with Crippen LogP contribution in [0.4, 0.5) is 0 Å². The lowest BCUT2D eigenvalue weighted by atomic mass is 10.0. The smallest absolute Gasteiger partial charge is 0.253 e. The van der Waals surface area contributed by atoms with Gasteiger partial charge in [0.1, 0.15) is 5.58 Å². The maximum atomic E-state index is 12.6. The molecule has 2 amide bonds. The van der Waals surface area contributed by atoms with E-state index in [-0.39, 0.29) is 18.2 Å². The van der Waals surface area contributed by atoms with Gasteiger partial charge in [0.25, 0.3) is 5.91 Å². The van der Waals surface area contributed by atoms with E-state index in [4.69, 9.17) is 4.42 Å². The number of piperazine rings is 1. The summed E-state index contributed by atoms with van der Waals surface area (Å²) in [5.41, 5.74) is 5.68. The number of hydrogen-bond donors (Lipinski definition) is 1. The summed E-state index contributed by atoms with van der Waals surface area (Å²) in [5.74, 6) is 0.0135. The molecular weight excluding hydrogens is 390 g/mol. The maximum absolute atomic E-state index is 12.6. The quantitative estimate of drug-likeness (QED) is 0.689. The second kappa shape index (κ2) is 8.94. The fourth-order valence-electron chi connectivity index (χ4n) is 3.92. The Labute approximate surface area is 182 Å². The van der Waals surface area contributed by atoms with Gasteiger partial charge in [0.05, 0.1) is 12.7 Å². The molecule has 1 aliphatic heterocycles. The predicted octanol–water partition coefficient (Wildman–Crippen LogP) is 3.30. The lowest BCUT2D eigenvalue weighted by Gasteiger charge is -2.32. The van der Waals surface area contributed by atoms with Gasteiger partial charge < -0.3 is 19.5 Å². The summed E-state index contributed by atoms with van der Waals surface area (Å²) >= 11 is 0. The molecule has 31 heavy (non-hydrogen) atoms. The number of carbonyl (C=O) groups excluding carboxylic acids is 2. The summed E-state index contributed by atoms with van der Waals surface area (Å²) in [6.45, 7) is 7.83. The Morgan fingerprint density at radius 1 is 1.00 bits per heavy atom. The minimum absolute atomic E-state index is 0.0569. The third-order valence-corrected chi connectivity index (χ3v) is 6.17. The first-order chi connectivity index (χ1) is 14.9. The summed E-state index contributed by atoms with van der Waals surface area (Å²) in [6.07, 6.45) is 1.95. The van der Waals surface area contributed by atoms with Crippen LogP contribution in [0.5, 0.6) is 0 Å². The summed E-state index contributed by atoms with van der Waals surface area (Å²) < 4.78 is 5.70. The van der Waals surface area contributed by atoms with E-state index in [2.05, 4.69) is 23.3 Å². The predicted molar refractivity (Wildman–Crippen MR) is 121 cm³/mol. The number of carbonyl (C=O) groups is 2. The molecule has 0 aliphatic carbocycles. The van der Waals surface area contributed by atoms with Gasteiger partial charge in [-0.3, -0.25) is 9.59 Å². The maximum Gasteiger partial charge on any atom is 0.253 e. The average Bonchev–Trinajstić information content (AvgIpc) is 3.18. The second-order valence-electron chi connectivity index (χ2n) is 8.39. The third-order valence-electron chi connectivity index (χ3n) is 6.17. The number of fused-ring (bicyclic) bond motifs is 1. The van der Waals surface area contributed by atoms with E-state index in [0.717, 1.165) is 53.8 Å². The Balaban J connectivity index is 1.33. The summed E-state index contributed by atoms with van der Waals surface area (Å²) in [6, 6.07) is 11.6. The van der Waals surface area contributed by atoms with E-state index in [1.165, 1.54) is 5.56 Å². The van der Waals surface area contributed by atoms with Crippen molar-refractivity contribution in [1.29, 1.82) is 0 Å². The average molecular weight is 420 g/mol. The van der Waals surface area contributed by atoms with Crippen LogP contribution >= 0.6 is 0 Å². The van der Waals surface area contributed by atoms with Crippen LogP contribution in [0.2, 0.25) is 0 Å². The molecular formula is C25H29N3O3. The van der Waals surface area contributed by atoms with E-state index in [1.54, 1.807) is 6.26 Å². The molecule has 1 N–H and O–H groups in total. The molecule has 4 rings (SSSR count). The number of rotatable bonds is 5. The number of nitrogens with one attached hydrogen (secondary N) is 1. The van der Waals surface area contributed by atoms with Crippen LogP contribution in [0, 0.1) is 13.8 Å². The Kier molecular flexibility index (Phi) is 6.09. The molecule has 6 heteroatoms. The van der Waals surface area contributed by atoms with E-state index in [9.17, 15) is 9.59 Å². The van der Waals surface area contributed by atoms with Gasteiger partial charge in [0.15, 0.2) is 0 Å². The van der Waals surface area contributed by atoms with Crippen molar-refractivity contribution in [3.8, 4) is 0 Å². The number of nitrogens with zero attached hydrogens (tertiary/aromatic N) is 2. The molecule has 0 radical (unpaired) electrons. The SMILES string of the molecule is Cc1ccc2c(CC(=O)NCc3ccc(C(=O)N4CCN(C)CC4)cc3)coc2c1C. The highest BCUT2D eigenvalue weighted by atomic mass is 16.3. The molecule has 0 atom stereocenters. The molecule has 0 unspecified atom stereocenters. The highest BCUT2D eigenvalue weighted by Gasteiger charge is 2.20. The summed E-state index contributed by atoms with van der Waals surface area (Å²) in [4.78, 5) is 29.2. The highest BCUT2D eigenvalue weighted by molar-refractivity contribution is 5.94. The first kappa shape index (κ1) is 21.1. The lowest BCUT2D eigenvalue weighted by molar-refractivity contribution is -0.120. The van der Waals surface area contributed by atoms with Crippen LogP contribution in [-0.4, -0.2) is 54.8 Å². The van der Waals surface area contributed by atoms with Gasteiger partial charge in [0, 0.05) is 49.2 Å². The fourth-order valence-corrected chi connectivity index (χ4v) is 3.92. The Bertz CT molecular complexity index is 1090. The normalized spacial score (nSPS) is 14.7. The van der Waals surface area contributed by atoms with Crippen molar-refractivity contribution in [2.24, 2.45) is 0 Å². The highest BCUT2D eigenvalue weighted by Crippen LogP contribution is 2.26. The second-order valence-corrected chi connectivity index (χ2v) is 8.39. The fraction of sp³-hybridized carbons (Fsp3) is 0.360. The van der Waals surface area contributed by atoms with E-state index in [0.29, 0.717) is 12.1 Å². The number of aryl methyl sites for hydroxylation is 2. The van der Waals surface area contributed by atoms with Crippen LogP contribution in [0.3, 0.4) is 0 Å². The molecule has 2 aromatic carbocycles. The van der Waals surface area contributed by atoms with E-state index >= 15 is 0 Å². The first-order valence-corrected chi connectivity index (χ1v) is 10.7. The molecule has 2 heterocycles. The molecule has 0 bridgehead atoms. The van der Waals surface area contributed by atoms with Gasteiger partial charge in [-0.2, -0.15) is 0 Å². The van der Waals surface area contributed by atoms with Crippen molar-refractivity contribution < 1.29 is 14.0 Å². The summed E-state index contributed by atoms with van der Waals surface area (Å²) in [5, 5.41) is 3.95. The third kappa shape index (κ3) is 4.64. The monoisotopic (exact) mass is 419 g/mol. The van der Waals surface area contributed by atoms with Crippen LogP contribution in [0.25, 0.3) is 11.0 Å². The van der Waals surface area contributed by atoms with Gasteiger partial charge in [-0.05, 0) is 49.7 Å². The molecule has 1 fully saturated rings. The number of furan rings is 1. The minimum Gasteiger partial charge on any atom is -0.464 e. The number of hydrogen-bond acceptors (Lipinski definition) is 4. The first-order valence-electron chi connectivity index (χ1n) is 10.7. The molecule has 0 spiro atoms. The molecule has 0 saturated carbocycles. The van der Waals surface area contributed by atoms with Crippen molar-refractivity contribution in [1.82, 2.24) is 15.1 Å². The number of benzene rings is 2. The van der Waals surface area contributed by atoms with Crippen molar-refractivity contribution >= 4 is 22.8 Å². The van der Waals surface area contributed by atoms with Crippen LogP contribution in [0.15, 0.2) is 47.1 Å². The zero-order valence-corrected chi connectivity index (χ0v) is 18.4. The molecule has 162 valence electrons. The molecule has 1 aliphatic rings. The number of amides is 2. The summed E-state index contributed by atoms with van der Waals surface area (Å²) in [7, 11) is 2.07. The zero-order valence-electron chi connectivity index (χ0n) is 18.4. The van der Waals surface area contributed by atoms with Gasteiger partial charge in [-0.15, -0.1) is 0 Å². The largest absolute Gasteiger partial charge is 0.464 e. The Morgan fingerprint density at radius 3 is 2.42 bits per heavy atom. The van der Waals surface area contributed by atoms with Crippen molar-refractivity contribution in [2.75, 3.05) is 33.2 Å². The van der Waals surface area contributed by atoms with Crippen molar-refractivity contribution in [3.63, 3.8) is 0 Å². The zero-order chi connectivity index (χ0) is 22.0. The minimum atomic E-state index is -0.0569. The topological polar surface area (TPSA) is 65.8 Å². The van der Waals surface area contributed by atoms with Crippen LogP contribution in [0.1, 0.15) is 32.6 Å². The van der Waals surface area contributed by atoms with E-state index in [1.807, 2.05) is 49.1 Å². The lowest BCUT2D eigenvalue weighted by Crippen LogP contribution is -2.47. The van der Waals surface area contributed by atoms with Gasteiger partial charge in [0.2, 0.25) is 5.91 Å². The van der Waals surface area contributed by atoms with E-state index < -0.39 is 0 Å². The molecule has 6 nitrogen and oxygen atoms in total. The standard InChI is InChI=1S/C25H29N3O3/c1-17-4-9-22-21(16-31-24(22)18(17)2)14-23(29)26-15-19-5-7-20(8-6-19)25(30)28-12-10-27(3)11-13-28/h4-9,16H,10-15H2,1-3H3,(H,26,29). The van der Waals surface area contributed by atoms with Crippen LogP contribution < -0.4 is 5.32 Å². The Hall–Kier alpha value is -3.12. The van der Waals surface area contributed by atoms with Gasteiger partial charge >= 0.3 is 0 Å². The van der Waals surface area contributed by atoms with Crippen molar-refractivity contribution in [3.05, 3.63) is 70.5 Å². The molecule has 3 aromatic rings. The molecule has 1 saturated heterocycles. The van der Waals surface area contributed by atoms with Crippen LogP contribution in [-0.2, 0) is 17.8 Å². The molecule has 1 aromatic heterocycles. The van der Waals surface area contributed by atoms with Gasteiger partial charge in [-0.25, -0.2) is 0 Å².